The van der Waals surface area contributed by atoms with Gasteiger partial charge >= 0.3 is 0 Å². The first-order chi connectivity index (χ1) is 13.8. The second kappa shape index (κ2) is 8.22. The van der Waals surface area contributed by atoms with Crippen molar-refractivity contribution in [2.75, 3.05) is 0 Å². The molecule has 136 valence electrons. The van der Waals surface area contributed by atoms with Gasteiger partial charge in [0.15, 0.2) is 0 Å². The molecule has 4 aromatic rings. The van der Waals surface area contributed by atoms with Crippen LogP contribution in [-0.4, -0.2) is 22.1 Å². The normalized spacial score (nSPS) is 11.5. The third-order valence-electron chi connectivity index (χ3n) is 4.07. The zero-order valence-corrected chi connectivity index (χ0v) is 15.0. The second-order valence-corrected chi connectivity index (χ2v) is 6.10. The smallest absolute Gasteiger partial charge is 0.219 e. The van der Waals surface area contributed by atoms with Gasteiger partial charge in [0.25, 0.3) is 5.95 Å². The van der Waals surface area contributed by atoms with Gasteiger partial charge in [-0.05, 0) is 23.3 Å². The summed E-state index contributed by atoms with van der Waals surface area (Å²) in [6.07, 6.45) is 5.23. The van der Waals surface area contributed by atoms with Crippen LogP contribution in [-0.2, 0) is 0 Å². The van der Waals surface area contributed by atoms with Gasteiger partial charge in [0, 0.05) is 11.8 Å². The Morgan fingerprint density at radius 1 is 0.750 bits per heavy atom. The Morgan fingerprint density at radius 2 is 1.39 bits per heavy atom. The van der Waals surface area contributed by atoms with Crippen molar-refractivity contribution in [3.8, 4) is 11.3 Å². The Kier molecular flexibility index (Phi) is 5.15. The number of hydrogen-bond donors (Lipinski definition) is 0. The number of rotatable bonds is 5. The molecule has 0 spiro atoms. The van der Waals surface area contributed by atoms with Crippen molar-refractivity contribution in [1.29, 1.82) is 0 Å². The first kappa shape index (κ1) is 17.5. The van der Waals surface area contributed by atoms with Gasteiger partial charge in [-0.2, -0.15) is 5.10 Å². The van der Waals surface area contributed by atoms with E-state index in [9.17, 15) is 4.39 Å². The Labute approximate surface area is 162 Å². The molecule has 0 unspecified atom stereocenters. The average Bonchev–Trinajstić information content (AvgIpc) is 3.16. The summed E-state index contributed by atoms with van der Waals surface area (Å²) in [7, 11) is 0. The van der Waals surface area contributed by atoms with E-state index in [0.29, 0.717) is 5.95 Å². The van der Waals surface area contributed by atoms with E-state index in [1.165, 1.54) is 12.1 Å². The molecule has 0 amide bonds. The minimum Gasteiger partial charge on any atom is -0.219 e. The number of imidazole rings is 1. The summed E-state index contributed by atoms with van der Waals surface area (Å²) in [5, 5.41) is 4.46. The molecule has 0 aliphatic carbocycles. The molecule has 4 rings (SSSR count). The van der Waals surface area contributed by atoms with E-state index < -0.39 is 0 Å². The third kappa shape index (κ3) is 4.27. The lowest BCUT2D eigenvalue weighted by Crippen LogP contribution is -1.90. The zero-order valence-electron chi connectivity index (χ0n) is 15.0. The standard InChI is InChI=1S/C23H17FN4/c24-21-13-11-19(12-14-21)16-26-28-17-22(20-9-5-2-6-10-20)27-23(28)25-15-18-7-3-1-4-8-18/h1-17H. The van der Waals surface area contributed by atoms with E-state index in [4.69, 9.17) is 0 Å². The van der Waals surface area contributed by atoms with Crippen LogP contribution < -0.4 is 0 Å². The summed E-state index contributed by atoms with van der Waals surface area (Å²) in [6.45, 7) is 0. The van der Waals surface area contributed by atoms with Crippen LogP contribution in [0.25, 0.3) is 11.3 Å². The summed E-state index contributed by atoms with van der Waals surface area (Å²) >= 11 is 0. The molecule has 0 N–H and O–H groups in total. The largest absolute Gasteiger partial charge is 0.251 e. The molecule has 0 aliphatic rings. The molecule has 0 fully saturated rings. The van der Waals surface area contributed by atoms with Crippen LogP contribution in [0.2, 0.25) is 0 Å². The van der Waals surface area contributed by atoms with Crippen molar-refractivity contribution >= 4 is 18.4 Å². The fourth-order valence-corrected chi connectivity index (χ4v) is 2.63. The average molecular weight is 368 g/mol. The van der Waals surface area contributed by atoms with Gasteiger partial charge in [-0.25, -0.2) is 19.0 Å². The Balaban J connectivity index is 1.69. The Bertz CT molecular complexity index is 1100. The van der Waals surface area contributed by atoms with Gasteiger partial charge in [0.2, 0.25) is 0 Å². The van der Waals surface area contributed by atoms with Crippen LogP contribution in [0.1, 0.15) is 11.1 Å². The van der Waals surface area contributed by atoms with Crippen molar-refractivity contribution in [3.63, 3.8) is 0 Å². The monoisotopic (exact) mass is 368 g/mol. The van der Waals surface area contributed by atoms with Crippen molar-refractivity contribution < 1.29 is 4.39 Å². The number of nitrogens with zero attached hydrogens (tertiary/aromatic N) is 4. The molecule has 1 aromatic heterocycles. The van der Waals surface area contributed by atoms with Gasteiger partial charge in [0.05, 0.1) is 18.1 Å². The van der Waals surface area contributed by atoms with Crippen LogP contribution in [0.3, 0.4) is 0 Å². The lowest BCUT2D eigenvalue weighted by Gasteiger charge is -1.97. The highest BCUT2D eigenvalue weighted by atomic mass is 19.1. The molecular formula is C23H17FN4. The first-order valence-corrected chi connectivity index (χ1v) is 8.82. The zero-order chi connectivity index (χ0) is 19.2. The SMILES string of the molecule is Fc1ccc(C=Nn2cc(-c3ccccc3)nc2N=Cc2ccccc2)cc1. The van der Waals surface area contributed by atoms with Gasteiger partial charge in [-0.15, -0.1) is 0 Å². The number of aliphatic imine (C=N–C) groups is 1. The second-order valence-electron chi connectivity index (χ2n) is 6.10. The highest BCUT2D eigenvalue weighted by molar-refractivity contribution is 5.82. The van der Waals surface area contributed by atoms with E-state index in [0.717, 1.165) is 22.4 Å². The van der Waals surface area contributed by atoms with Gasteiger partial charge < -0.3 is 0 Å². The maximum Gasteiger partial charge on any atom is 0.251 e. The van der Waals surface area contributed by atoms with Gasteiger partial charge in [-0.3, -0.25) is 0 Å². The fourth-order valence-electron chi connectivity index (χ4n) is 2.63. The quantitative estimate of drug-likeness (QED) is 0.440. The van der Waals surface area contributed by atoms with E-state index in [1.807, 2.05) is 66.9 Å². The number of hydrogen-bond acceptors (Lipinski definition) is 3. The maximum absolute atomic E-state index is 13.1. The van der Waals surface area contributed by atoms with Crippen LogP contribution in [0.4, 0.5) is 10.3 Å². The summed E-state index contributed by atoms with van der Waals surface area (Å²) in [5.74, 6) is 0.181. The van der Waals surface area contributed by atoms with E-state index in [1.54, 1.807) is 29.2 Å². The summed E-state index contributed by atoms with van der Waals surface area (Å²) < 4.78 is 14.7. The molecule has 3 aromatic carbocycles. The van der Waals surface area contributed by atoms with Gasteiger partial charge in [-0.1, -0.05) is 72.8 Å². The highest BCUT2D eigenvalue weighted by Crippen LogP contribution is 2.22. The lowest BCUT2D eigenvalue weighted by molar-refractivity contribution is 0.628. The summed E-state index contributed by atoms with van der Waals surface area (Å²) in [5.41, 5.74) is 3.52. The van der Waals surface area contributed by atoms with Crippen molar-refractivity contribution in [2.45, 2.75) is 0 Å². The van der Waals surface area contributed by atoms with E-state index in [2.05, 4.69) is 15.1 Å². The van der Waals surface area contributed by atoms with E-state index in [-0.39, 0.29) is 5.82 Å². The van der Waals surface area contributed by atoms with Crippen molar-refractivity contribution in [2.24, 2.45) is 10.1 Å². The van der Waals surface area contributed by atoms with E-state index >= 15 is 0 Å². The highest BCUT2D eigenvalue weighted by Gasteiger charge is 2.08. The van der Waals surface area contributed by atoms with Crippen LogP contribution >= 0.6 is 0 Å². The maximum atomic E-state index is 13.1. The first-order valence-electron chi connectivity index (χ1n) is 8.82. The molecule has 0 aliphatic heterocycles. The number of aromatic nitrogens is 2. The van der Waals surface area contributed by atoms with Crippen molar-refractivity contribution in [1.82, 2.24) is 9.66 Å². The molecule has 28 heavy (non-hydrogen) atoms. The molecule has 5 heteroatoms. The predicted octanol–water partition coefficient (Wildman–Crippen LogP) is 5.32. The minimum atomic E-state index is -0.278. The summed E-state index contributed by atoms with van der Waals surface area (Å²) in [6, 6.07) is 25.8. The number of halogens is 1. The molecule has 0 saturated heterocycles. The minimum absolute atomic E-state index is 0.278. The van der Waals surface area contributed by atoms with Crippen LogP contribution in [0.5, 0.6) is 0 Å². The Morgan fingerprint density at radius 3 is 2.11 bits per heavy atom. The fraction of sp³-hybridized carbons (Fsp3) is 0. The molecule has 1 heterocycles. The molecule has 0 saturated carbocycles. The predicted molar refractivity (Wildman–Crippen MR) is 111 cm³/mol. The molecule has 0 bridgehead atoms. The molecule has 0 radical (unpaired) electrons. The Hall–Kier alpha value is -3.86. The molecule has 0 atom stereocenters. The van der Waals surface area contributed by atoms with Crippen molar-refractivity contribution in [3.05, 3.63) is 108 Å². The van der Waals surface area contributed by atoms with Gasteiger partial charge in [0.1, 0.15) is 5.82 Å². The lowest BCUT2D eigenvalue weighted by atomic mass is 10.2. The summed E-state index contributed by atoms with van der Waals surface area (Å²) in [4.78, 5) is 9.12. The molecular weight excluding hydrogens is 351 g/mol. The molecule has 4 nitrogen and oxygen atoms in total. The number of benzene rings is 3. The topological polar surface area (TPSA) is 42.5 Å². The van der Waals surface area contributed by atoms with Crippen LogP contribution in [0.15, 0.2) is 101 Å². The third-order valence-corrected chi connectivity index (χ3v) is 4.07. The van der Waals surface area contributed by atoms with Crippen LogP contribution in [0, 0.1) is 5.82 Å².